The van der Waals surface area contributed by atoms with Crippen LogP contribution in [0.1, 0.15) is 37.2 Å². The summed E-state index contributed by atoms with van der Waals surface area (Å²) >= 11 is 0. The van der Waals surface area contributed by atoms with E-state index in [4.69, 9.17) is 4.74 Å². The fourth-order valence-corrected chi connectivity index (χ4v) is 4.12. The van der Waals surface area contributed by atoms with Crippen LogP contribution in [-0.2, 0) is 24.9 Å². The van der Waals surface area contributed by atoms with Gasteiger partial charge in [0.1, 0.15) is 17.6 Å². The lowest BCUT2D eigenvalue weighted by Crippen LogP contribution is -2.33. The summed E-state index contributed by atoms with van der Waals surface area (Å²) in [4.78, 5) is 30.5. The smallest absolute Gasteiger partial charge is 0.329 e. The van der Waals surface area contributed by atoms with E-state index in [0.29, 0.717) is 13.1 Å². The molecular weight excluding hydrogens is 418 g/mol. The Morgan fingerprint density at radius 1 is 1.06 bits per heavy atom. The van der Waals surface area contributed by atoms with Crippen molar-refractivity contribution in [3.8, 4) is 5.75 Å². The fourth-order valence-electron chi connectivity index (χ4n) is 4.12. The van der Waals surface area contributed by atoms with Gasteiger partial charge in [-0.1, -0.05) is 31.2 Å². The molecule has 2 heterocycles. The number of para-hydroxylation sites is 2. The third-order valence-electron chi connectivity index (χ3n) is 5.81. The van der Waals surface area contributed by atoms with E-state index in [2.05, 4.69) is 10.3 Å². The largest absolute Gasteiger partial charge is 0.497 e. The number of aromatic nitrogens is 4. The molecule has 4 rings (SSSR count). The minimum Gasteiger partial charge on any atom is -0.497 e. The Labute approximate surface area is 192 Å². The number of ether oxygens (including phenoxy) is 1. The first-order chi connectivity index (χ1) is 16.0. The zero-order valence-corrected chi connectivity index (χ0v) is 19.2. The molecule has 172 valence electrons. The summed E-state index contributed by atoms with van der Waals surface area (Å²) in [5.41, 5.74) is 2.56. The van der Waals surface area contributed by atoms with E-state index < -0.39 is 6.04 Å². The van der Waals surface area contributed by atoms with Crippen LogP contribution >= 0.6 is 0 Å². The molecule has 1 amide bonds. The Morgan fingerprint density at radius 2 is 1.73 bits per heavy atom. The van der Waals surface area contributed by atoms with E-state index in [1.807, 2.05) is 73.3 Å². The quantitative estimate of drug-likeness (QED) is 0.427. The molecule has 8 nitrogen and oxygen atoms in total. The number of nitrogens with zero attached hydrogens (tertiary/aromatic N) is 4. The molecule has 4 aromatic rings. The first-order valence-electron chi connectivity index (χ1n) is 11.1. The predicted molar refractivity (Wildman–Crippen MR) is 127 cm³/mol. The lowest BCUT2D eigenvalue weighted by molar-refractivity contribution is -0.121. The number of nitrogens with one attached hydrogen (secondary N) is 1. The molecule has 2 aromatic carbocycles. The van der Waals surface area contributed by atoms with Crippen molar-refractivity contribution in [2.75, 3.05) is 7.11 Å². The number of hydrogen-bond donors (Lipinski definition) is 1. The molecule has 0 aliphatic heterocycles. The maximum absolute atomic E-state index is 13.0. The normalized spacial score (nSPS) is 12.1. The van der Waals surface area contributed by atoms with Gasteiger partial charge in [0, 0.05) is 39.0 Å². The lowest BCUT2D eigenvalue weighted by Gasteiger charge is -2.19. The van der Waals surface area contributed by atoms with Crippen molar-refractivity contribution in [3.05, 3.63) is 82.8 Å². The Bertz CT molecular complexity index is 1300. The average Bonchev–Trinajstić information content (AvgIpc) is 3.37. The van der Waals surface area contributed by atoms with Crippen LogP contribution in [0.15, 0.2) is 65.7 Å². The summed E-state index contributed by atoms with van der Waals surface area (Å²) in [5.74, 6) is 1.31. The first kappa shape index (κ1) is 22.4. The Morgan fingerprint density at radius 3 is 2.30 bits per heavy atom. The summed E-state index contributed by atoms with van der Waals surface area (Å²) in [6.45, 7) is 3.00. The highest BCUT2D eigenvalue weighted by atomic mass is 16.5. The molecule has 0 radical (unpaired) electrons. The van der Waals surface area contributed by atoms with Crippen molar-refractivity contribution in [2.24, 2.45) is 7.05 Å². The molecule has 0 aliphatic carbocycles. The van der Waals surface area contributed by atoms with Crippen molar-refractivity contribution < 1.29 is 9.53 Å². The molecule has 0 saturated heterocycles. The van der Waals surface area contributed by atoms with Crippen molar-refractivity contribution in [1.82, 2.24) is 24.0 Å². The van der Waals surface area contributed by atoms with Crippen LogP contribution in [0, 0.1) is 0 Å². The zero-order valence-electron chi connectivity index (χ0n) is 19.2. The van der Waals surface area contributed by atoms with Gasteiger partial charge in [0.15, 0.2) is 0 Å². The summed E-state index contributed by atoms with van der Waals surface area (Å²) in [7, 11) is 3.51. The first-order valence-corrected chi connectivity index (χ1v) is 11.1. The molecule has 1 unspecified atom stereocenters. The molecule has 0 saturated carbocycles. The molecule has 0 aliphatic rings. The predicted octanol–water partition coefficient (Wildman–Crippen LogP) is 3.25. The minimum atomic E-state index is -0.415. The third kappa shape index (κ3) is 4.55. The number of imidazole rings is 2. The van der Waals surface area contributed by atoms with Crippen LogP contribution in [0.25, 0.3) is 11.0 Å². The highest BCUT2D eigenvalue weighted by molar-refractivity contribution is 5.78. The number of amides is 1. The molecule has 0 spiro atoms. The van der Waals surface area contributed by atoms with E-state index in [9.17, 15) is 9.59 Å². The van der Waals surface area contributed by atoms with Gasteiger partial charge in [-0.05, 0) is 36.2 Å². The van der Waals surface area contributed by atoms with Crippen molar-refractivity contribution in [2.45, 2.75) is 38.9 Å². The molecule has 1 N–H and O–H groups in total. The van der Waals surface area contributed by atoms with E-state index in [1.165, 1.54) is 0 Å². The summed E-state index contributed by atoms with van der Waals surface area (Å²) in [6, 6.07) is 14.9. The number of carbonyl (C=O) groups is 1. The van der Waals surface area contributed by atoms with E-state index in [1.54, 1.807) is 22.4 Å². The SMILES string of the molecule is CCCn1c(=O)n(CCC(=O)NC(c2ccc(OC)cc2)c2nccn2C)c2ccccc21. The molecule has 0 fully saturated rings. The number of fused-ring (bicyclic) bond motifs is 1. The highest BCUT2D eigenvalue weighted by Crippen LogP contribution is 2.23. The highest BCUT2D eigenvalue weighted by Gasteiger charge is 2.21. The maximum atomic E-state index is 13.0. The molecule has 0 bridgehead atoms. The van der Waals surface area contributed by atoms with Gasteiger partial charge in [0.2, 0.25) is 5.91 Å². The molecule has 1 atom stereocenters. The number of carbonyl (C=O) groups excluding carboxylic acids is 1. The fraction of sp³-hybridized carbons (Fsp3) is 0.320. The van der Waals surface area contributed by atoms with Crippen LogP contribution in [0.5, 0.6) is 5.75 Å². The average molecular weight is 448 g/mol. The molecular formula is C25H29N5O3. The summed E-state index contributed by atoms with van der Waals surface area (Å²) in [5, 5.41) is 3.10. The Hall–Kier alpha value is -3.81. The molecule has 2 aromatic heterocycles. The van der Waals surface area contributed by atoms with Crippen LogP contribution in [-0.4, -0.2) is 31.7 Å². The lowest BCUT2D eigenvalue weighted by atomic mass is 10.1. The second-order valence-electron chi connectivity index (χ2n) is 7.99. The van der Waals surface area contributed by atoms with Gasteiger partial charge in [-0.3, -0.25) is 13.9 Å². The second kappa shape index (κ2) is 9.77. The summed E-state index contributed by atoms with van der Waals surface area (Å²) < 4.78 is 10.6. The van der Waals surface area contributed by atoms with Crippen molar-refractivity contribution in [1.29, 1.82) is 0 Å². The monoisotopic (exact) mass is 447 g/mol. The van der Waals surface area contributed by atoms with Gasteiger partial charge in [-0.2, -0.15) is 0 Å². The Kier molecular flexibility index (Phi) is 6.63. The van der Waals surface area contributed by atoms with Gasteiger partial charge < -0.3 is 14.6 Å². The maximum Gasteiger partial charge on any atom is 0.329 e. The third-order valence-corrected chi connectivity index (χ3v) is 5.81. The number of hydrogen-bond acceptors (Lipinski definition) is 4. The van der Waals surface area contributed by atoms with Crippen molar-refractivity contribution in [3.63, 3.8) is 0 Å². The van der Waals surface area contributed by atoms with Gasteiger partial charge in [0.05, 0.1) is 18.1 Å². The molecule has 33 heavy (non-hydrogen) atoms. The summed E-state index contributed by atoms with van der Waals surface area (Å²) in [6.07, 6.45) is 4.60. The molecule has 8 heteroatoms. The van der Waals surface area contributed by atoms with Gasteiger partial charge >= 0.3 is 5.69 Å². The van der Waals surface area contributed by atoms with Gasteiger partial charge in [0.25, 0.3) is 0 Å². The Balaban J connectivity index is 1.56. The number of methoxy groups -OCH3 is 1. The van der Waals surface area contributed by atoms with Gasteiger partial charge in [-0.25, -0.2) is 9.78 Å². The number of aryl methyl sites for hydroxylation is 3. The zero-order chi connectivity index (χ0) is 23.4. The van der Waals surface area contributed by atoms with Crippen LogP contribution < -0.4 is 15.7 Å². The van der Waals surface area contributed by atoms with Crippen LogP contribution in [0.3, 0.4) is 0 Å². The minimum absolute atomic E-state index is 0.0818. The van der Waals surface area contributed by atoms with Crippen LogP contribution in [0.4, 0.5) is 0 Å². The standard InChI is InChI=1S/C25H29N5O3/c1-4-15-29-20-7-5-6-8-21(20)30(25(29)32)16-13-22(31)27-23(24-26-14-17-28(24)2)18-9-11-19(33-3)12-10-18/h5-12,14,17,23H,4,13,15-16H2,1-3H3,(H,27,31). The number of rotatable bonds is 9. The van der Waals surface area contributed by atoms with E-state index in [-0.39, 0.29) is 18.0 Å². The van der Waals surface area contributed by atoms with Gasteiger partial charge in [-0.15, -0.1) is 0 Å². The second-order valence-corrected chi connectivity index (χ2v) is 7.99. The van der Waals surface area contributed by atoms with Crippen molar-refractivity contribution >= 4 is 16.9 Å². The number of benzene rings is 2. The van der Waals surface area contributed by atoms with Crippen LogP contribution in [0.2, 0.25) is 0 Å². The van der Waals surface area contributed by atoms with E-state index in [0.717, 1.165) is 34.6 Å². The van der Waals surface area contributed by atoms with E-state index >= 15 is 0 Å². The topological polar surface area (TPSA) is 83.1 Å².